The van der Waals surface area contributed by atoms with Crippen molar-refractivity contribution in [2.75, 3.05) is 11.5 Å². The summed E-state index contributed by atoms with van der Waals surface area (Å²) in [5, 5.41) is 9.56. The Morgan fingerprint density at radius 1 is 1.39 bits per heavy atom. The Bertz CT molecular complexity index is 546. The Kier molecular flexibility index (Phi) is 3.56. The molecular formula is C11H14FNO4S. The van der Waals surface area contributed by atoms with E-state index in [0.717, 1.165) is 6.07 Å². The SMILES string of the molecule is NCc1cc(F)cc(OC2CS(=O)(=O)CC2O)c1. The number of aliphatic hydroxyl groups excluding tert-OH is 1. The van der Waals surface area contributed by atoms with Gasteiger partial charge in [0, 0.05) is 12.6 Å². The van der Waals surface area contributed by atoms with Crippen LogP contribution in [0.15, 0.2) is 18.2 Å². The number of benzene rings is 1. The molecule has 0 bridgehead atoms. The maximum absolute atomic E-state index is 13.2. The standard InChI is InChI=1S/C11H14FNO4S/c12-8-1-7(4-13)2-9(3-8)17-11-6-18(15,16)5-10(11)14/h1-3,10-11,14H,4-6,13H2. The van der Waals surface area contributed by atoms with E-state index in [0.29, 0.717) is 5.56 Å². The van der Waals surface area contributed by atoms with Crippen molar-refractivity contribution in [1.29, 1.82) is 0 Å². The van der Waals surface area contributed by atoms with Gasteiger partial charge in [0.05, 0.1) is 11.5 Å². The van der Waals surface area contributed by atoms with Crippen LogP contribution in [0.2, 0.25) is 0 Å². The molecule has 5 nitrogen and oxygen atoms in total. The highest BCUT2D eigenvalue weighted by Crippen LogP contribution is 2.22. The van der Waals surface area contributed by atoms with E-state index in [4.69, 9.17) is 10.5 Å². The fraction of sp³-hybridized carbons (Fsp3) is 0.455. The van der Waals surface area contributed by atoms with Gasteiger partial charge < -0.3 is 15.6 Å². The minimum atomic E-state index is -3.28. The van der Waals surface area contributed by atoms with Gasteiger partial charge in [-0.1, -0.05) is 0 Å². The number of ether oxygens (including phenoxy) is 1. The fourth-order valence-electron chi connectivity index (χ4n) is 1.89. The number of hydrogen-bond donors (Lipinski definition) is 2. The largest absolute Gasteiger partial charge is 0.487 e. The molecule has 0 spiro atoms. The highest BCUT2D eigenvalue weighted by Gasteiger charge is 2.38. The van der Waals surface area contributed by atoms with Gasteiger partial charge in [0.1, 0.15) is 23.8 Å². The average Bonchev–Trinajstić information content (AvgIpc) is 2.50. The van der Waals surface area contributed by atoms with Gasteiger partial charge >= 0.3 is 0 Å². The second kappa shape index (κ2) is 4.83. The van der Waals surface area contributed by atoms with Crippen molar-refractivity contribution in [1.82, 2.24) is 0 Å². The van der Waals surface area contributed by atoms with Crippen LogP contribution in [0.4, 0.5) is 4.39 Å². The summed E-state index contributed by atoms with van der Waals surface area (Å²) in [5.41, 5.74) is 5.94. The van der Waals surface area contributed by atoms with E-state index in [1.807, 2.05) is 0 Å². The van der Waals surface area contributed by atoms with Crippen LogP contribution in [0.25, 0.3) is 0 Å². The summed E-state index contributed by atoms with van der Waals surface area (Å²) in [5.74, 6) is -0.917. The first-order valence-electron chi connectivity index (χ1n) is 5.44. The molecule has 1 saturated heterocycles. The Morgan fingerprint density at radius 2 is 2.11 bits per heavy atom. The molecule has 0 amide bonds. The Balaban J connectivity index is 2.17. The van der Waals surface area contributed by atoms with Crippen LogP contribution >= 0.6 is 0 Å². The van der Waals surface area contributed by atoms with E-state index in [9.17, 15) is 17.9 Å². The van der Waals surface area contributed by atoms with Crippen molar-refractivity contribution >= 4 is 9.84 Å². The van der Waals surface area contributed by atoms with Crippen LogP contribution in [0.5, 0.6) is 5.75 Å². The number of aliphatic hydroxyl groups is 1. The second-order valence-corrected chi connectivity index (χ2v) is 6.45. The first kappa shape index (κ1) is 13.3. The summed E-state index contributed by atoms with van der Waals surface area (Å²) >= 11 is 0. The van der Waals surface area contributed by atoms with Gasteiger partial charge in [-0.15, -0.1) is 0 Å². The number of nitrogens with two attached hydrogens (primary N) is 1. The van der Waals surface area contributed by atoms with Crippen molar-refractivity contribution in [2.45, 2.75) is 18.8 Å². The Morgan fingerprint density at radius 3 is 2.67 bits per heavy atom. The van der Waals surface area contributed by atoms with Crippen LogP contribution in [0.1, 0.15) is 5.56 Å². The highest BCUT2D eigenvalue weighted by molar-refractivity contribution is 7.91. The molecule has 1 aliphatic heterocycles. The second-order valence-electron chi connectivity index (χ2n) is 4.30. The molecule has 0 aromatic heterocycles. The van der Waals surface area contributed by atoms with E-state index in [-0.39, 0.29) is 23.8 Å². The first-order valence-corrected chi connectivity index (χ1v) is 7.26. The molecule has 1 fully saturated rings. The van der Waals surface area contributed by atoms with E-state index in [2.05, 4.69) is 0 Å². The van der Waals surface area contributed by atoms with Crippen molar-refractivity contribution in [3.05, 3.63) is 29.6 Å². The summed E-state index contributed by atoms with van der Waals surface area (Å²) in [6.45, 7) is 0.152. The maximum atomic E-state index is 13.2. The lowest BCUT2D eigenvalue weighted by Gasteiger charge is -2.16. The van der Waals surface area contributed by atoms with Gasteiger partial charge in [-0.05, 0) is 17.7 Å². The third kappa shape index (κ3) is 2.98. The van der Waals surface area contributed by atoms with E-state index >= 15 is 0 Å². The molecule has 2 atom stereocenters. The average molecular weight is 275 g/mol. The van der Waals surface area contributed by atoms with Gasteiger partial charge in [-0.3, -0.25) is 0 Å². The van der Waals surface area contributed by atoms with Crippen LogP contribution < -0.4 is 10.5 Å². The molecule has 3 N–H and O–H groups in total. The minimum Gasteiger partial charge on any atom is -0.487 e. The maximum Gasteiger partial charge on any atom is 0.156 e. The smallest absolute Gasteiger partial charge is 0.156 e. The number of rotatable bonds is 3. The van der Waals surface area contributed by atoms with Crippen LogP contribution in [0.3, 0.4) is 0 Å². The van der Waals surface area contributed by atoms with Gasteiger partial charge in [0.25, 0.3) is 0 Å². The Labute approximate surface area is 104 Å². The third-order valence-corrected chi connectivity index (χ3v) is 4.41. The zero-order valence-electron chi connectivity index (χ0n) is 9.54. The molecule has 0 saturated carbocycles. The zero-order valence-corrected chi connectivity index (χ0v) is 10.4. The monoisotopic (exact) mass is 275 g/mol. The molecular weight excluding hydrogens is 261 g/mol. The number of sulfone groups is 1. The number of halogens is 1. The van der Waals surface area contributed by atoms with E-state index < -0.39 is 27.9 Å². The summed E-state index contributed by atoms with van der Waals surface area (Å²) in [7, 11) is -3.28. The molecule has 1 aromatic rings. The normalized spacial score (nSPS) is 26.2. The molecule has 2 unspecified atom stereocenters. The van der Waals surface area contributed by atoms with Crippen molar-refractivity contribution in [3.8, 4) is 5.75 Å². The quantitative estimate of drug-likeness (QED) is 0.799. The lowest BCUT2D eigenvalue weighted by Crippen LogP contribution is -2.29. The van der Waals surface area contributed by atoms with Crippen LogP contribution in [-0.4, -0.2) is 37.2 Å². The molecule has 0 radical (unpaired) electrons. The molecule has 1 aliphatic rings. The predicted octanol–water partition coefficient (Wildman–Crippen LogP) is -0.179. The van der Waals surface area contributed by atoms with Crippen molar-refractivity contribution in [2.24, 2.45) is 5.73 Å². The Hall–Kier alpha value is -1.18. The zero-order chi connectivity index (χ0) is 13.3. The fourth-order valence-corrected chi connectivity index (χ4v) is 3.55. The molecule has 2 rings (SSSR count). The molecule has 1 heterocycles. The predicted molar refractivity (Wildman–Crippen MR) is 63.4 cm³/mol. The topological polar surface area (TPSA) is 89.6 Å². The number of hydrogen-bond acceptors (Lipinski definition) is 5. The third-order valence-electron chi connectivity index (χ3n) is 2.73. The van der Waals surface area contributed by atoms with Crippen molar-refractivity contribution < 1.29 is 22.7 Å². The van der Waals surface area contributed by atoms with E-state index in [1.165, 1.54) is 12.1 Å². The van der Waals surface area contributed by atoms with Crippen LogP contribution in [-0.2, 0) is 16.4 Å². The van der Waals surface area contributed by atoms with Gasteiger partial charge in [-0.2, -0.15) is 0 Å². The lowest BCUT2D eigenvalue weighted by atomic mass is 10.2. The van der Waals surface area contributed by atoms with Gasteiger partial charge in [0.15, 0.2) is 9.84 Å². The highest BCUT2D eigenvalue weighted by atomic mass is 32.2. The summed E-state index contributed by atoms with van der Waals surface area (Å²) in [6, 6.07) is 3.94. The first-order chi connectivity index (χ1) is 8.39. The van der Waals surface area contributed by atoms with Gasteiger partial charge in [-0.25, -0.2) is 12.8 Å². The summed E-state index contributed by atoms with van der Waals surface area (Å²) < 4.78 is 41.1. The van der Waals surface area contributed by atoms with Gasteiger partial charge in [0.2, 0.25) is 0 Å². The minimum absolute atomic E-state index is 0.152. The molecule has 0 aliphatic carbocycles. The van der Waals surface area contributed by atoms with Crippen LogP contribution in [0, 0.1) is 5.82 Å². The molecule has 1 aromatic carbocycles. The molecule has 18 heavy (non-hydrogen) atoms. The summed E-state index contributed by atoms with van der Waals surface area (Å²) in [4.78, 5) is 0. The van der Waals surface area contributed by atoms with E-state index in [1.54, 1.807) is 0 Å². The molecule has 100 valence electrons. The van der Waals surface area contributed by atoms with Crippen molar-refractivity contribution in [3.63, 3.8) is 0 Å². The summed E-state index contributed by atoms with van der Waals surface area (Å²) in [6.07, 6.45) is -1.94. The molecule has 7 heteroatoms. The lowest BCUT2D eigenvalue weighted by molar-refractivity contribution is 0.0735.